The molecule has 36 heavy (non-hydrogen) atoms. The predicted octanol–water partition coefficient (Wildman–Crippen LogP) is 7.51. The Morgan fingerprint density at radius 3 is 2.50 bits per heavy atom. The molecule has 3 aromatic rings. The number of nitrogens with zero attached hydrogens (tertiary/aromatic N) is 3. The molecule has 192 valence electrons. The maximum Gasteiger partial charge on any atom is 0.221 e. The Hall–Kier alpha value is -2.60. The van der Waals surface area contributed by atoms with E-state index < -0.39 is 5.66 Å². The number of rotatable bonds is 6. The average Bonchev–Trinajstić information content (AvgIpc) is 3.41. The number of carbonyl (C=O) groups excluding carboxylic acids is 1. The van der Waals surface area contributed by atoms with Crippen LogP contribution >= 0.6 is 11.6 Å². The fourth-order valence-electron chi connectivity index (χ4n) is 6.50. The number of fused-ring (bicyclic) bond motifs is 1. The topological polar surface area (TPSA) is 47.4 Å². The van der Waals surface area contributed by atoms with Gasteiger partial charge in [0.2, 0.25) is 5.91 Å². The van der Waals surface area contributed by atoms with Crippen LogP contribution in [0.5, 0.6) is 5.75 Å². The molecule has 2 aliphatic carbocycles. The highest BCUT2D eigenvalue weighted by Gasteiger charge is 2.46. The van der Waals surface area contributed by atoms with Gasteiger partial charge in [0.05, 0.1) is 11.0 Å². The van der Waals surface area contributed by atoms with Gasteiger partial charge in [-0.1, -0.05) is 37.3 Å². The molecule has 0 saturated heterocycles. The second-order valence-electron chi connectivity index (χ2n) is 10.4. The van der Waals surface area contributed by atoms with Crippen molar-refractivity contribution in [3.8, 4) is 5.75 Å². The molecule has 0 atom stereocenters. The van der Waals surface area contributed by atoms with E-state index in [1.54, 1.807) is 19.1 Å². The van der Waals surface area contributed by atoms with Crippen LogP contribution in [0.1, 0.15) is 82.5 Å². The number of ether oxygens (including phenoxy) is 1. The van der Waals surface area contributed by atoms with Crippen LogP contribution in [-0.2, 0) is 17.1 Å². The van der Waals surface area contributed by atoms with Crippen molar-refractivity contribution in [3.05, 3.63) is 58.6 Å². The zero-order chi connectivity index (χ0) is 25.3. The standard InChI is InChI=1S/C29H35ClFN3O2/c1-20-17-22(30)11-14-27(20)36-19-28-32-25-13-12-23(31)18-26(25)34(28)29(15-7-3-4-8-16-29)33(21(2)35)24-9-5-6-10-24/h11-14,17-18,24H,3-10,15-16,19H2,1-2H3. The molecule has 0 aliphatic heterocycles. The predicted molar refractivity (Wildman–Crippen MR) is 141 cm³/mol. The Balaban J connectivity index is 1.67. The first-order chi connectivity index (χ1) is 17.4. The van der Waals surface area contributed by atoms with Crippen LogP contribution in [0, 0.1) is 12.7 Å². The molecule has 2 aliphatic rings. The van der Waals surface area contributed by atoms with E-state index in [9.17, 15) is 9.18 Å². The average molecular weight is 512 g/mol. The van der Waals surface area contributed by atoms with Crippen LogP contribution in [0.2, 0.25) is 5.02 Å². The third kappa shape index (κ3) is 4.72. The summed E-state index contributed by atoms with van der Waals surface area (Å²) in [6.07, 6.45) is 10.3. The monoisotopic (exact) mass is 511 g/mol. The summed E-state index contributed by atoms with van der Waals surface area (Å²) in [7, 11) is 0. The van der Waals surface area contributed by atoms with E-state index in [1.807, 2.05) is 25.1 Å². The van der Waals surface area contributed by atoms with Crippen molar-refractivity contribution in [2.24, 2.45) is 0 Å². The first-order valence-electron chi connectivity index (χ1n) is 13.3. The number of carbonyl (C=O) groups is 1. The van der Waals surface area contributed by atoms with Crippen LogP contribution in [0.4, 0.5) is 4.39 Å². The third-order valence-corrected chi connectivity index (χ3v) is 8.21. The summed E-state index contributed by atoms with van der Waals surface area (Å²) in [4.78, 5) is 20.5. The summed E-state index contributed by atoms with van der Waals surface area (Å²) in [5.74, 6) is 1.24. The highest BCUT2D eigenvalue weighted by molar-refractivity contribution is 6.30. The van der Waals surface area contributed by atoms with Crippen molar-refractivity contribution in [2.45, 2.75) is 96.4 Å². The zero-order valence-corrected chi connectivity index (χ0v) is 22.0. The number of halogens is 2. The number of aromatic nitrogens is 2. The minimum Gasteiger partial charge on any atom is -0.485 e. The normalized spacial score (nSPS) is 18.3. The van der Waals surface area contributed by atoms with E-state index >= 15 is 0 Å². The largest absolute Gasteiger partial charge is 0.485 e. The van der Waals surface area contributed by atoms with E-state index in [1.165, 1.54) is 6.07 Å². The van der Waals surface area contributed by atoms with Crippen molar-refractivity contribution in [3.63, 3.8) is 0 Å². The van der Waals surface area contributed by atoms with Crippen LogP contribution < -0.4 is 4.74 Å². The number of aryl methyl sites for hydroxylation is 1. The number of hydrogen-bond acceptors (Lipinski definition) is 3. The van der Waals surface area contributed by atoms with E-state index in [4.69, 9.17) is 21.3 Å². The molecule has 2 fully saturated rings. The smallest absolute Gasteiger partial charge is 0.221 e. The second-order valence-corrected chi connectivity index (χ2v) is 10.9. The molecule has 0 radical (unpaired) electrons. The highest BCUT2D eigenvalue weighted by atomic mass is 35.5. The van der Waals surface area contributed by atoms with Gasteiger partial charge in [0, 0.05) is 18.0 Å². The van der Waals surface area contributed by atoms with Gasteiger partial charge in [-0.2, -0.15) is 0 Å². The maximum atomic E-state index is 14.6. The second kappa shape index (κ2) is 10.4. The highest BCUT2D eigenvalue weighted by Crippen LogP contribution is 2.44. The van der Waals surface area contributed by atoms with Gasteiger partial charge in [-0.25, -0.2) is 9.37 Å². The van der Waals surface area contributed by atoms with E-state index in [2.05, 4.69) is 9.47 Å². The van der Waals surface area contributed by atoms with E-state index in [0.29, 0.717) is 5.02 Å². The maximum absolute atomic E-state index is 14.6. The van der Waals surface area contributed by atoms with Gasteiger partial charge in [-0.15, -0.1) is 0 Å². The Labute approximate surface area is 217 Å². The molecule has 1 heterocycles. The van der Waals surface area contributed by atoms with Crippen LogP contribution in [0.25, 0.3) is 11.0 Å². The van der Waals surface area contributed by atoms with Gasteiger partial charge >= 0.3 is 0 Å². The lowest BCUT2D eigenvalue weighted by atomic mass is 9.94. The van der Waals surface area contributed by atoms with Gasteiger partial charge in [0.25, 0.3) is 0 Å². The summed E-state index contributed by atoms with van der Waals surface area (Å²) in [6.45, 7) is 3.87. The molecule has 7 heteroatoms. The summed E-state index contributed by atoms with van der Waals surface area (Å²) < 4.78 is 23.1. The van der Waals surface area contributed by atoms with Crippen molar-refractivity contribution < 1.29 is 13.9 Å². The molecule has 5 nitrogen and oxygen atoms in total. The lowest BCUT2D eigenvalue weighted by Gasteiger charge is -2.48. The summed E-state index contributed by atoms with van der Waals surface area (Å²) in [5, 5.41) is 0.661. The van der Waals surface area contributed by atoms with Crippen molar-refractivity contribution >= 4 is 28.5 Å². The van der Waals surface area contributed by atoms with Gasteiger partial charge in [-0.05, 0) is 87.4 Å². The van der Waals surface area contributed by atoms with Gasteiger partial charge in [-0.3, -0.25) is 4.79 Å². The molecule has 0 unspecified atom stereocenters. The SMILES string of the molecule is CC(=O)N(C1CCCC1)C1(n2c(COc3ccc(Cl)cc3C)nc3ccc(F)cc32)CCCCCC1. The zero-order valence-electron chi connectivity index (χ0n) is 21.2. The van der Waals surface area contributed by atoms with Crippen molar-refractivity contribution in [2.75, 3.05) is 0 Å². The molecule has 2 saturated carbocycles. The van der Waals surface area contributed by atoms with Crippen LogP contribution in [0.3, 0.4) is 0 Å². The summed E-state index contributed by atoms with van der Waals surface area (Å²) in [6, 6.07) is 10.5. The molecule has 1 amide bonds. The first kappa shape index (κ1) is 25.1. The summed E-state index contributed by atoms with van der Waals surface area (Å²) in [5.41, 5.74) is 1.80. The number of imidazole rings is 1. The Kier molecular flexibility index (Phi) is 7.25. The van der Waals surface area contributed by atoms with Crippen molar-refractivity contribution in [1.82, 2.24) is 14.5 Å². The molecule has 1 aromatic heterocycles. The van der Waals surface area contributed by atoms with E-state index in [0.717, 1.165) is 92.4 Å². The number of hydrogen-bond donors (Lipinski definition) is 0. The molecule has 0 N–H and O–H groups in total. The summed E-state index contributed by atoms with van der Waals surface area (Å²) >= 11 is 6.14. The lowest BCUT2D eigenvalue weighted by molar-refractivity contribution is -0.146. The Morgan fingerprint density at radius 1 is 1.11 bits per heavy atom. The Bertz CT molecular complexity index is 1240. The first-order valence-corrected chi connectivity index (χ1v) is 13.6. The molecule has 5 rings (SSSR count). The number of amides is 1. The quantitative estimate of drug-likeness (QED) is 0.321. The molecular weight excluding hydrogens is 477 g/mol. The fourth-order valence-corrected chi connectivity index (χ4v) is 6.72. The van der Waals surface area contributed by atoms with Crippen LogP contribution in [-0.4, -0.2) is 26.4 Å². The molecular formula is C29H35ClFN3O2. The van der Waals surface area contributed by atoms with E-state index in [-0.39, 0.29) is 24.4 Å². The molecule has 2 aromatic carbocycles. The molecule has 0 spiro atoms. The third-order valence-electron chi connectivity index (χ3n) is 7.98. The van der Waals surface area contributed by atoms with Gasteiger partial charge in [0.15, 0.2) is 0 Å². The van der Waals surface area contributed by atoms with Crippen LogP contribution in [0.15, 0.2) is 36.4 Å². The minimum absolute atomic E-state index is 0.0856. The minimum atomic E-state index is -0.590. The van der Waals surface area contributed by atoms with Crippen molar-refractivity contribution in [1.29, 1.82) is 0 Å². The Morgan fingerprint density at radius 2 is 1.83 bits per heavy atom. The van der Waals surface area contributed by atoms with Gasteiger partial charge in [0.1, 0.15) is 29.7 Å². The molecule has 0 bridgehead atoms. The lowest BCUT2D eigenvalue weighted by Crippen LogP contribution is -2.57. The fraction of sp³-hybridized carbons (Fsp3) is 0.517. The van der Waals surface area contributed by atoms with Gasteiger partial charge < -0.3 is 14.2 Å². The number of benzene rings is 2.